The van der Waals surface area contributed by atoms with Crippen molar-refractivity contribution < 1.29 is 13.2 Å². The monoisotopic (exact) mass is 562 g/mol. The Kier molecular flexibility index (Phi) is 6.97. The summed E-state index contributed by atoms with van der Waals surface area (Å²) in [6.45, 7) is 5.56. The number of alkyl halides is 3. The molecule has 0 radical (unpaired) electrons. The van der Waals surface area contributed by atoms with Gasteiger partial charge in [-0.05, 0) is 65.9 Å². The number of fused-ring (bicyclic) bond motifs is 2. The molecule has 3 heterocycles. The average molecular weight is 563 g/mol. The maximum absolute atomic E-state index is 13.8. The van der Waals surface area contributed by atoms with Crippen LogP contribution in [0.4, 0.5) is 13.2 Å². The SMILES string of the molecule is CCc1cccc(CC)c1-n1nc2c(c1-c1ccc3[nH]ccc3c1)CN(Cc1cc(Cl)ccc1C(F)(F)F)CC2. The van der Waals surface area contributed by atoms with E-state index < -0.39 is 11.7 Å². The summed E-state index contributed by atoms with van der Waals surface area (Å²) < 4.78 is 43.5. The van der Waals surface area contributed by atoms with Gasteiger partial charge in [0.1, 0.15) is 0 Å². The van der Waals surface area contributed by atoms with Gasteiger partial charge in [0.2, 0.25) is 0 Å². The highest BCUT2D eigenvalue weighted by atomic mass is 35.5. The third kappa shape index (κ3) is 4.82. The Morgan fingerprint density at radius 3 is 2.45 bits per heavy atom. The molecule has 2 aromatic heterocycles. The van der Waals surface area contributed by atoms with Crippen molar-refractivity contribution in [3.8, 4) is 16.9 Å². The molecule has 1 aliphatic heterocycles. The third-order valence-corrected chi connectivity index (χ3v) is 8.12. The van der Waals surface area contributed by atoms with Gasteiger partial charge in [-0.3, -0.25) is 4.90 Å². The number of aryl methyl sites for hydroxylation is 2. The molecular formula is C32H30ClF3N4. The Morgan fingerprint density at radius 2 is 1.73 bits per heavy atom. The van der Waals surface area contributed by atoms with Crippen LogP contribution in [0, 0.1) is 0 Å². The lowest BCUT2D eigenvalue weighted by Crippen LogP contribution is -2.30. The molecule has 0 fully saturated rings. The van der Waals surface area contributed by atoms with Crippen molar-refractivity contribution in [2.45, 2.75) is 52.4 Å². The maximum atomic E-state index is 13.8. The first-order valence-corrected chi connectivity index (χ1v) is 14.0. The molecule has 6 rings (SSSR count). The van der Waals surface area contributed by atoms with E-state index in [4.69, 9.17) is 16.7 Å². The van der Waals surface area contributed by atoms with E-state index in [0.29, 0.717) is 24.5 Å². The molecule has 3 aromatic carbocycles. The third-order valence-electron chi connectivity index (χ3n) is 7.88. The van der Waals surface area contributed by atoms with Crippen molar-refractivity contribution in [2.75, 3.05) is 6.54 Å². The lowest BCUT2D eigenvalue weighted by Gasteiger charge is -2.28. The summed E-state index contributed by atoms with van der Waals surface area (Å²) in [5, 5.41) is 6.58. The van der Waals surface area contributed by atoms with Crippen LogP contribution in [-0.2, 0) is 38.5 Å². The largest absolute Gasteiger partial charge is 0.416 e. The second-order valence-electron chi connectivity index (χ2n) is 10.4. The van der Waals surface area contributed by atoms with Crippen LogP contribution in [0.3, 0.4) is 0 Å². The second kappa shape index (κ2) is 10.5. The molecule has 0 amide bonds. The molecule has 5 aromatic rings. The zero-order valence-electron chi connectivity index (χ0n) is 22.4. The summed E-state index contributed by atoms with van der Waals surface area (Å²) in [6, 6.07) is 18.6. The molecule has 1 N–H and O–H groups in total. The predicted molar refractivity (Wildman–Crippen MR) is 154 cm³/mol. The summed E-state index contributed by atoms with van der Waals surface area (Å²) in [4.78, 5) is 5.33. The van der Waals surface area contributed by atoms with E-state index in [1.807, 2.05) is 12.3 Å². The molecule has 8 heteroatoms. The average Bonchev–Trinajstić information content (AvgIpc) is 3.55. The molecule has 0 saturated heterocycles. The van der Waals surface area contributed by atoms with Gasteiger partial charge in [-0.15, -0.1) is 0 Å². The summed E-state index contributed by atoms with van der Waals surface area (Å²) in [5.41, 5.74) is 8.23. The molecule has 0 atom stereocenters. The van der Waals surface area contributed by atoms with Crippen LogP contribution in [0.25, 0.3) is 27.8 Å². The van der Waals surface area contributed by atoms with Crippen LogP contribution in [0.15, 0.2) is 66.9 Å². The van der Waals surface area contributed by atoms with E-state index in [0.717, 1.165) is 58.0 Å². The van der Waals surface area contributed by atoms with Crippen molar-refractivity contribution in [1.82, 2.24) is 19.7 Å². The number of para-hydroxylation sites is 1. The highest BCUT2D eigenvalue weighted by Gasteiger charge is 2.34. The fourth-order valence-electron chi connectivity index (χ4n) is 5.92. The lowest BCUT2D eigenvalue weighted by atomic mass is 9.98. The van der Waals surface area contributed by atoms with Crippen molar-refractivity contribution in [3.05, 3.63) is 105 Å². The number of hydrogen-bond donors (Lipinski definition) is 1. The van der Waals surface area contributed by atoms with Crippen LogP contribution in [-0.4, -0.2) is 26.2 Å². The Labute approximate surface area is 236 Å². The number of nitrogens with zero attached hydrogens (tertiary/aromatic N) is 3. The fraction of sp³-hybridized carbons (Fsp3) is 0.281. The number of hydrogen-bond acceptors (Lipinski definition) is 2. The van der Waals surface area contributed by atoms with Crippen LogP contribution in [0.5, 0.6) is 0 Å². The molecule has 0 spiro atoms. The van der Waals surface area contributed by atoms with Gasteiger partial charge in [0, 0.05) is 59.3 Å². The molecule has 0 bridgehead atoms. The number of aromatic nitrogens is 3. The summed E-state index contributed by atoms with van der Waals surface area (Å²) in [5.74, 6) is 0. The van der Waals surface area contributed by atoms with E-state index in [1.54, 1.807) is 0 Å². The molecular weight excluding hydrogens is 533 g/mol. The number of H-pyrrole nitrogens is 1. The van der Waals surface area contributed by atoms with Gasteiger partial charge in [0.25, 0.3) is 0 Å². The first-order valence-electron chi connectivity index (χ1n) is 13.6. The van der Waals surface area contributed by atoms with Crippen molar-refractivity contribution in [1.29, 1.82) is 0 Å². The van der Waals surface area contributed by atoms with E-state index in [1.165, 1.54) is 23.3 Å². The predicted octanol–water partition coefficient (Wildman–Crippen LogP) is 8.38. The van der Waals surface area contributed by atoms with Gasteiger partial charge in [-0.2, -0.15) is 18.3 Å². The standard InChI is InChI=1S/C32H30ClF3N4/c1-3-20-6-5-7-21(4-2)30(20)40-31(23-8-11-28-22(16-23)12-14-37-28)26-19-39(15-13-29(26)38-40)18-24-17-25(33)9-10-27(24)32(34,35)36/h5-12,14,16-17,37H,3-4,13,15,18-19H2,1-2H3. The highest BCUT2D eigenvalue weighted by Crippen LogP contribution is 2.38. The lowest BCUT2D eigenvalue weighted by molar-refractivity contribution is -0.138. The Bertz CT molecular complexity index is 1680. The topological polar surface area (TPSA) is 36.9 Å². The number of rotatable bonds is 6. The Balaban J connectivity index is 1.49. The van der Waals surface area contributed by atoms with Crippen molar-refractivity contribution >= 4 is 22.5 Å². The first-order chi connectivity index (χ1) is 19.3. The maximum Gasteiger partial charge on any atom is 0.416 e. The summed E-state index contributed by atoms with van der Waals surface area (Å²) in [7, 11) is 0. The van der Waals surface area contributed by atoms with Crippen molar-refractivity contribution in [3.63, 3.8) is 0 Å². The highest BCUT2D eigenvalue weighted by molar-refractivity contribution is 6.30. The summed E-state index contributed by atoms with van der Waals surface area (Å²) >= 11 is 6.14. The molecule has 40 heavy (non-hydrogen) atoms. The van der Waals surface area contributed by atoms with Gasteiger partial charge in [-0.1, -0.05) is 49.7 Å². The van der Waals surface area contributed by atoms with Crippen LogP contribution >= 0.6 is 11.6 Å². The minimum Gasteiger partial charge on any atom is -0.361 e. The normalized spacial score (nSPS) is 14.2. The van der Waals surface area contributed by atoms with E-state index in [2.05, 4.69) is 64.8 Å². The second-order valence-corrected chi connectivity index (χ2v) is 10.8. The van der Waals surface area contributed by atoms with Gasteiger partial charge in [-0.25, -0.2) is 4.68 Å². The smallest absolute Gasteiger partial charge is 0.361 e. The van der Waals surface area contributed by atoms with Crippen LogP contribution in [0.1, 0.15) is 47.4 Å². The van der Waals surface area contributed by atoms with E-state index >= 15 is 0 Å². The zero-order chi connectivity index (χ0) is 28.0. The van der Waals surface area contributed by atoms with E-state index in [9.17, 15) is 13.2 Å². The number of nitrogens with one attached hydrogen (secondary N) is 1. The number of halogens is 4. The van der Waals surface area contributed by atoms with Gasteiger partial charge in [0.05, 0.1) is 22.6 Å². The molecule has 4 nitrogen and oxygen atoms in total. The fourth-order valence-corrected chi connectivity index (χ4v) is 6.12. The first kappa shape index (κ1) is 26.7. The molecule has 0 saturated carbocycles. The number of benzene rings is 3. The van der Waals surface area contributed by atoms with Gasteiger partial charge in [0.15, 0.2) is 0 Å². The summed E-state index contributed by atoms with van der Waals surface area (Å²) in [6.07, 6.45) is -0.132. The Morgan fingerprint density at radius 1 is 0.950 bits per heavy atom. The molecule has 0 unspecified atom stereocenters. The van der Waals surface area contributed by atoms with E-state index in [-0.39, 0.29) is 12.1 Å². The van der Waals surface area contributed by atoms with Gasteiger partial charge >= 0.3 is 6.18 Å². The zero-order valence-corrected chi connectivity index (χ0v) is 23.2. The molecule has 206 valence electrons. The van der Waals surface area contributed by atoms with Crippen molar-refractivity contribution in [2.24, 2.45) is 0 Å². The van der Waals surface area contributed by atoms with Gasteiger partial charge < -0.3 is 4.98 Å². The number of aromatic amines is 1. The molecule has 1 aliphatic rings. The van der Waals surface area contributed by atoms with Crippen LogP contribution < -0.4 is 0 Å². The quantitative estimate of drug-likeness (QED) is 0.226. The van der Waals surface area contributed by atoms with Crippen LogP contribution in [0.2, 0.25) is 5.02 Å². The minimum absolute atomic E-state index is 0.155. The minimum atomic E-state index is -4.44. The Hall–Kier alpha value is -3.55. The molecule has 0 aliphatic carbocycles.